The first-order valence-corrected chi connectivity index (χ1v) is 47.9. The minimum absolute atomic E-state index is 0.00450. The number of carbonyl (C=O) groups excluding carboxylic acids is 13. The van der Waals surface area contributed by atoms with Crippen LogP contribution < -0.4 is 54.1 Å². The van der Waals surface area contributed by atoms with Gasteiger partial charge in [-0.25, -0.2) is 9.59 Å². The fourth-order valence-corrected chi connectivity index (χ4v) is 16.9. The SMILES string of the molecule is CC[C@H](C)[C@@H]([C@@H](CC(=O)N1CCC[C@H]1[C@H](OC)[C@@H](C)C(=O)N[C@H](C)C(O)c1ccccc1)OC)N(C)C(=O)[C@@H](NC(=O)[C@H](C(C)C)N(C)C(=O)OCc1ccc(NC(=O)[C@H](CCCNC(N)=O)NC(=O)[C@@H](NC(=O)[C@@H](CCCCNC(=O)COC2CCCCCC(=N[C@@H]3O[C@H](CO)[C@H](O)[C@H](O)[C@H]3O)C2=NN)NC(=O)CCOCCOCCOCCOCCN2C(=O)C=CC2=O)C(C)C)cc1)C(C)C. The van der Waals surface area contributed by atoms with Gasteiger partial charge in [0.25, 0.3) is 11.8 Å². The van der Waals surface area contributed by atoms with Gasteiger partial charge < -0.3 is 132 Å². The topological polar surface area (TPSA) is 592 Å². The molecule has 4 aliphatic rings. The highest BCUT2D eigenvalue weighted by molar-refractivity contribution is 6.44. The van der Waals surface area contributed by atoms with E-state index in [1.165, 1.54) is 50.5 Å². The van der Waals surface area contributed by atoms with Crippen molar-refractivity contribution in [3.05, 3.63) is 77.9 Å². The molecule has 3 fully saturated rings. The number of methoxy groups -OCH3 is 2. The van der Waals surface area contributed by atoms with Gasteiger partial charge in [0.1, 0.15) is 79.7 Å². The van der Waals surface area contributed by atoms with Crippen molar-refractivity contribution in [2.45, 2.75) is 276 Å². The molecule has 2 aromatic carbocycles. The number of aliphatic imine (C=N–C) groups is 1. The summed E-state index contributed by atoms with van der Waals surface area (Å²) in [7, 11) is 6.01. The largest absolute Gasteiger partial charge is 0.445 e. The van der Waals surface area contributed by atoms with Gasteiger partial charge in [0.15, 0.2) is 6.23 Å². The molecule has 0 radical (unpaired) electrons. The van der Waals surface area contributed by atoms with Crippen LogP contribution in [0.4, 0.5) is 15.3 Å². The number of hydrogen-bond acceptors (Lipinski definition) is 30. The number of unbranched alkanes of at least 4 members (excludes halogenated alkanes) is 1. The molecule has 43 heteroatoms. The Morgan fingerprint density at radius 2 is 1.25 bits per heavy atom. The Morgan fingerprint density at radius 3 is 1.85 bits per heavy atom. The van der Waals surface area contributed by atoms with Gasteiger partial charge in [0.2, 0.25) is 53.2 Å². The van der Waals surface area contributed by atoms with Crippen LogP contribution in [0.1, 0.15) is 183 Å². The number of benzene rings is 2. The molecule has 1 saturated carbocycles. The average Bonchev–Trinajstić information content (AvgIpc) is 1.21. The Labute approximate surface area is 808 Å². The lowest BCUT2D eigenvalue weighted by atomic mass is 9.89. The maximum absolute atomic E-state index is 15.0. The van der Waals surface area contributed by atoms with Gasteiger partial charge in [-0.1, -0.05) is 124 Å². The van der Waals surface area contributed by atoms with E-state index in [-0.39, 0.29) is 159 Å². The lowest BCUT2D eigenvalue weighted by molar-refractivity contribution is -0.226. The van der Waals surface area contributed by atoms with Gasteiger partial charge in [-0.05, 0) is 118 Å². The van der Waals surface area contributed by atoms with E-state index in [2.05, 4.69) is 52.6 Å². The lowest BCUT2D eigenvalue weighted by Crippen LogP contribution is -2.60. The minimum atomic E-state index is -1.68. The van der Waals surface area contributed by atoms with Crippen LogP contribution in [0.15, 0.2) is 76.8 Å². The van der Waals surface area contributed by atoms with Crippen LogP contribution in [0.25, 0.3) is 0 Å². The first-order valence-electron chi connectivity index (χ1n) is 47.9. The molecule has 2 unspecified atom stereocenters. The molecule has 0 aromatic heterocycles. The zero-order chi connectivity index (χ0) is 102. The Bertz CT molecular complexity index is 4270. The Hall–Kier alpha value is -10.3. The van der Waals surface area contributed by atoms with Gasteiger partial charge in [0, 0.05) is 72.2 Å². The number of likely N-dealkylation sites (N-methyl/N-ethyl adjacent to an activating group) is 2. The summed E-state index contributed by atoms with van der Waals surface area (Å²) in [6, 6.07) is 6.50. The van der Waals surface area contributed by atoms with Gasteiger partial charge in [-0.2, -0.15) is 5.10 Å². The molecule has 0 bridgehead atoms. The molecule has 14 amide bonds. The quantitative estimate of drug-likeness (QED) is 0.0194. The molecular weight excluding hydrogens is 1800 g/mol. The second-order valence-corrected chi connectivity index (χ2v) is 36.3. The highest BCUT2D eigenvalue weighted by atomic mass is 16.6. The van der Waals surface area contributed by atoms with Crippen molar-refractivity contribution in [2.75, 3.05) is 126 Å². The first kappa shape index (κ1) is 116. The molecule has 17 N–H and O–H groups in total. The van der Waals surface area contributed by atoms with E-state index in [1.54, 1.807) is 104 Å². The van der Waals surface area contributed by atoms with Crippen LogP contribution in [0, 0.1) is 29.6 Å². The first-order chi connectivity index (χ1) is 65.8. The van der Waals surface area contributed by atoms with Crippen LogP contribution in [0.3, 0.4) is 0 Å². The predicted molar refractivity (Wildman–Crippen MR) is 507 cm³/mol. The van der Waals surface area contributed by atoms with E-state index >= 15 is 0 Å². The van der Waals surface area contributed by atoms with E-state index in [4.69, 9.17) is 54.2 Å². The minimum Gasteiger partial charge on any atom is -0.445 e. The second-order valence-electron chi connectivity index (χ2n) is 36.3. The third kappa shape index (κ3) is 36.7. The predicted octanol–water partition coefficient (Wildman–Crippen LogP) is 1.65. The maximum atomic E-state index is 15.0. The van der Waals surface area contributed by atoms with Crippen molar-refractivity contribution in [1.82, 2.24) is 56.8 Å². The summed E-state index contributed by atoms with van der Waals surface area (Å²) in [5.74, 6) is -2.47. The zero-order valence-electron chi connectivity index (χ0n) is 82.3. The highest BCUT2D eigenvalue weighted by Gasteiger charge is 2.47. The van der Waals surface area contributed by atoms with Gasteiger partial charge in [-0.15, -0.1) is 0 Å². The fraction of sp³-hybridized carbons (Fsp3) is 0.695. The number of aliphatic hydroxyl groups excluding tert-OH is 5. The number of amides is 14. The van der Waals surface area contributed by atoms with Crippen molar-refractivity contribution >= 4 is 94.2 Å². The number of hydrogen-bond donors (Lipinski definition) is 15. The number of hydrazone groups is 1. The summed E-state index contributed by atoms with van der Waals surface area (Å²) < 4.78 is 51.8. The van der Waals surface area contributed by atoms with Crippen LogP contribution >= 0.6 is 0 Å². The van der Waals surface area contributed by atoms with Crippen LogP contribution in [0.2, 0.25) is 0 Å². The summed E-state index contributed by atoms with van der Waals surface area (Å²) in [5.41, 5.74) is 7.18. The van der Waals surface area contributed by atoms with Crippen molar-refractivity contribution in [3.63, 3.8) is 0 Å². The van der Waals surface area contributed by atoms with Crippen LogP contribution in [0.5, 0.6) is 0 Å². The molecule has 774 valence electrons. The number of likely N-dealkylation sites (tertiary alicyclic amines) is 1. The number of primary amides is 1. The molecule has 6 rings (SSSR count). The monoisotopic (exact) mass is 1950 g/mol. The highest BCUT2D eigenvalue weighted by Crippen LogP contribution is 2.32. The fourth-order valence-electron chi connectivity index (χ4n) is 16.9. The zero-order valence-corrected chi connectivity index (χ0v) is 82.3. The summed E-state index contributed by atoms with van der Waals surface area (Å²) >= 11 is 0. The average molecular weight is 1950 g/mol. The number of aliphatic hydroxyl groups is 5. The van der Waals surface area contributed by atoms with E-state index in [0.717, 1.165) is 16.2 Å². The molecule has 43 nitrogen and oxygen atoms in total. The Kier molecular flexibility index (Phi) is 51.2. The standard InChI is InChI=1S/C95H152N16O27/c1-15-59(8)81(70(130-13)52-76(117)110-42-25-31-68(110)86(131-14)60(9)87(122)100-61(10)82(118)63-26-18-16-19-27-63)108(11)93(127)78(57(4)5)106-91(126)80(58(6)7)109(12)95(129)137-54-62-33-35-64(36-34-62)101-88(123)67(30-24-41-99-94(96)128)103-90(125)77(56(2)3)105-89(124)66(102-72(113)39-44-132-46-48-134-50-51-135-49-47-133-45-43-111-74(115)37-38-75(111)116)29-22-23-40-98-73(114)55-136-69-32-21-17-20-28-65(79(69)107-97)104-92-85(121)84(120)83(119)71(53-112)138-92/h16,18-19,26-27,33-38,56-61,66-71,77-78,80-86,92,112,118-121H,15,17,20-25,28-32,39-55,97H2,1-14H3,(H,98,114)(H,100,122)(H,101,123)(H,102,113)(H,103,125)(H,105,124)(H,106,126)(H3,96,99,128)/t59-,60+,61+,66+,67-,68-,69?,70+,71+,77-,78-,80-,81-,82?,83-,84-,85+,86+,92+/m0/s1. The smallest absolute Gasteiger partial charge is 0.410 e. The second kappa shape index (κ2) is 60.6. The van der Waals surface area contributed by atoms with E-state index in [1.807, 2.05) is 19.9 Å². The molecule has 3 heterocycles. The van der Waals surface area contributed by atoms with Crippen molar-refractivity contribution in [3.8, 4) is 0 Å². The molecule has 19 atom stereocenters. The third-order valence-corrected chi connectivity index (χ3v) is 25.0. The molecule has 1 aliphatic carbocycles. The van der Waals surface area contributed by atoms with Crippen LogP contribution in [-0.4, -0.2) is 352 Å². The molecule has 2 saturated heterocycles. The third-order valence-electron chi connectivity index (χ3n) is 25.0. The summed E-state index contributed by atoms with van der Waals surface area (Å²) in [5, 5.41) is 78.5. The van der Waals surface area contributed by atoms with E-state index in [0.29, 0.717) is 62.6 Å². The molecule has 3 aliphatic heterocycles. The maximum Gasteiger partial charge on any atom is 0.410 e. The number of carbonyl (C=O) groups is 13. The number of urea groups is 1. The van der Waals surface area contributed by atoms with Crippen molar-refractivity contribution in [2.24, 2.45) is 51.3 Å². The number of rotatable bonds is 59. The molecular formula is C95H152N16O27. The van der Waals surface area contributed by atoms with Crippen molar-refractivity contribution < 1.29 is 130 Å². The van der Waals surface area contributed by atoms with E-state index < -0.39 is 206 Å². The summed E-state index contributed by atoms with van der Waals surface area (Å²) in [6.07, 6.45) is -4.48. The Balaban J connectivity index is 1.06. The molecule has 2 aromatic rings. The Morgan fingerprint density at radius 1 is 0.630 bits per heavy atom. The number of ether oxygens (including phenoxy) is 9. The summed E-state index contributed by atoms with van der Waals surface area (Å²) in [4.78, 5) is 188. The van der Waals surface area contributed by atoms with Gasteiger partial charge >= 0.3 is 12.1 Å². The van der Waals surface area contributed by atoms with Gasteiger partial charge in [0.05, 0.1) is 120 Å². The number of imide groups is 1. The summed E-state index contributed by atoms with van der Waals surface area (Å²) in [6.45, 7) is 18.2. The number of nitrogens with zero attached hydrogens (tertiary/aromatic N) is 6. The van der Waals surface area contributed by atoms with Crippen LogP contribution in [-0.2, 0) is 102 Å². The lowest BCUT2D eigenvalue weighted by Gasteiger charge is -2.41. The molecule has 138 heavy (non-hydrogen) atoms. The van der Waals surface area contributed by atoms with E-state index in [9.17, 15) is 87.9 Å². The number of anilines is 1. The number of nitrogens with two attached hydrogens (primary N) is 2. The van der Waals surface area contributed by atoms with Gasteiger partial charge in [-0.3, -0.25) is 67.5 Å². The van der Waals surface area contributed by atoms with Crippen molar-refractivity contribution in [1.29, 1.82) is 0 Å². The number of nitrogens with one attached hydrogen (secondary N) is 8. The molecule has 0 spiro atoms. The normalized spacial score (nSPS) is 21.2.